The van der Waals surface area contributed by atoms with E-state index in [1.165, 1.54) is 19.2 Å². The van der Waals surface area contributed by atoms with Gasteiger partial charge >= 0.3 is 12.1 Å². The maximum atomic E-state index is 13.6. The second kappa shape index (κ2) is 10.6. The van der Waals surface area contributed by atoms with Crippen molar-refractivity contribution in [2.75, 3.05) is 7.11 Å². The third-order valence-electron chi connectivity index (χ3n) is 4.48. The minimum Gasteiger partial charge on any atom is -0.468 e. The van der Waals surface area contributed by atoms with Gasteiger partial charge in [0.15, 0.2) is 0 Å². The van der Waals surface area contributed by atoms with Gasteiger partial charge in [0.05, 0.1) is 17.6 Å². The summed E-state index contributed by atoms with van der Waals surface area (Å²) in [6.45, 7) is 0. The average Bonchev–Trinajstić information content (AvgIpc) is 3.09. The zero-order valence-corrected chi connectivity index (χ0v) is 19.3. The number of halogens is 4. The molecule has 6 nitrogen and oxygen atoms in total. The van der Waals surface area contributed by atoms with Crippen molar-refractivity contribution >= 4 is 58.0 Å². The summed E-state index contributed by atoms with van der Waals surface area (Å²) in [4.78, 5) is 25.8. The SMILES string of the molecule is COC(=O)[C@H](Cc1ccc(Oc2ccc(/C=C3\SC(=S)NC3=O)c(C(F)(F)F)c2)cc1)NCl. The van der Waals surface area contributed by atoms with E-state index in [0.717, 1.165) is 29.5 Å². The van der Waals surface area contributed by atoms with Crippen molar-refractivity contribution in [1.29, 1.82) is 0 Å². The largest absolute Gasteiger partial charge is 0.468 e. The summed E-state index contributed by atoms with van der Waals surface area (Å²) in [6.07, 6.45) is -3.29. The predicted octanol–water partition coefficient (Wildman–Crippen LogP) is 4.81. The van der Waals surface area contributed by atoms with Crippen LogP contribution in [0.15, 0.2) is 47.4 Å². The number of thioether (sulfide) groups is 1. The number of hydrogen-bond donors (Lipinski definition) is 2. The first-order valence-electron chi connectivity index (χ1n) is 9.27. The van der Waals surface area contributed by atoms with Crippen LogP contribution in [-0.2, 0) is 26.9 Å². The van der Waals surface area contributed by atoms with Gasteiger partial charge in [-0.15, -0.1) is 0 Å². The molecule has 0 bridgehead atoms. The van der Waals surface area contributed by atoms with E-state index >= 15 is 0 Å². The molecule has 1 amide bonds. The van der Waals surface area contributed by atoms with Crippen LogP contribution in [0.2, 0.25) is 0 Å². The second-order valence-electron chi connectivity index (χ2n) is 6.73. The highest BCUT2D eigenvalue weighted by molar-refractivity contribution is 8.26. The van der Waals surface area contributed by atoms with Gasteiger partial charge in [0.25, 0.3) is 5.91 Å². The van der Waals surface area contributed by atoms with Gasteiger partial charge in [-0.05, 0) is 59.7 Å². The highest BCUT2D eigenvalue weighted by Gasteiger charge is 2.34. The van der Waals surface area contributed by atoms with Crippen molar-refractivity contribution < 1.29 is 32.2 Å². The summed E-state index contributed by atoms with van der Waals surface area (Å²) in [5.74, 6) is -0.818. The maximum absolute atomic E-state index is 13.6. The number of thiocarbonyl (C=S) groups is 1. The minimum atomic E-state index is -4.67. The summed E-state index contributed by atoms with van der Waals surface area (Å²) in [5.41, 5.74) is -0.409. The van der Waals surface area contributed by atoms with E-state index in [1.54, 1.807) is 24.3 Å². The van der Waals surface area contributed by atoms with Crippen LogP contribution in [0.4, 0.5) is 13.2 Å². The van der Waals surface area contributed by atoms with Gasteiger partial charge in [-0.25, -0.2) is 4.84 Å². The smallest absolute Gasteiger partial charge is 0.417 e. The Bertz CT molecular complexity index is 1110. The summed E-state index contributed by atoms with van der Waals surface area (Å²) >= 11 is 11.3. The van der Waals surface area contributed by atoms with E-state index in [4.69, 9.17) is 28.7 Å². The highest BCUT2D eigenvalue weighted by Crippen LogP contribution is 2.38. The summed E-state index contributed by atoms with van der Waals surface area (Å²) in [5, 5.41) is 2.36. The first-order chi connectivity index (χ1) is 15.6. The summed E-state index contributed by atoms with van der Waals surface area (Å²) in [7, 11) is 1.24. The minimum absolute atomic E-state index is 0.0360. The van der Waals surface area contributed by atoms with Gasteiger partial charge < -0.3 is 14.8 Å². The molecule has 1 heterocycles. The molecule has 12 heteroatoms. The van der Waals surface area contributed by atoms with Crippen LogP contribution < -0.4 is 14.9 Å². The van der Waals surface area contributed by atoms with E-state index in [9.17, 15) is 22.8 Å². The van der Waals surface area contributed by atoms with E-state index in [-0.39, 0.29) is 27.0 Å². The number of rotatable bonds is 7. The summed E-state index contributed by atoms with van der Waals surface area (Å²) < 4.78 is 51.3. The van der Waals surface area contributed by atoms with Crippen molar-refractivity contribution in [3.05, 3.63) is 64.1 Å². The predicted molar refractivity (Wildman–Crippen MR) is 123 cm³/mol. The number of ether oxygens (including phenoxy) is 2. The van der Waals surface area contributed by atoms with E-state index in [0.29, 0.717) is 5.75 Å². The topological polar surface area (TPSA) is 76.7 Å². The first-order valence-corrected chi connectivity index (χ1v) is 10.9. The first kappa shape index (κ1) is 25.0. The molecule has 2 aromatic rings. The summed E-state index contributed by atoms with van der Waals surface area (Å²) in [6, 6.07) is 9.12. The number of amides is 1. The van der Waals surface area contributed by atoms with Crippen LogP contribution in [-0.4, -0.2) is 29.3 Å². The van der Waals surface area contributed by atoms with Crippen molar-refractivity contribution in [2.45, 2.75) is 18.6 Å². The molecule has 0 unspecified atom stereocenters. The third kappa shape index (κ3) is 6.47. The standard InChI is InChI=1S/C21H16ClF3N2O4S2/c1-30-19(29)16(27-22)8-11-2-5-13(6-3-11)31-14-7-4-12(15(10-14)21(23,24)25)9-17-18(28)26-20(32)33-17/h2-7,9-10,16,27H,8H2,1H3,(H,26,28,32)/b17-9-/t16-/m0/s1. The molecule has 0 saturated carbocycles. The van der Waals surface area contributed by atoms with Gasteiger partial charge in [0.2, 0.25) is 0 Å². The number of carbonyl (C=O) groups excluding carboxylic acids is 2. The molecule has 0 radical (unpaired) electrons. The highest BCUT2D eigenvalue weighted by atomic mass is 35.5. The molecule has 3 rings (SSSR count). The second-order valence-corrected chi connectivity index (χ2v) is 8.67. The molecule has 1 aliphatic heterocycles. The van der Waals surface area contributed by atoms with Gasteiger partial charge in [0, 0.05) is 0 Å². The molecule has 1 fully saturated rings. The molecule has 33 heavy (non-hydrogen) atoms. The zero-order chi connectivity index (χ0) is 24.2. The monoisotopic (exact) mass is 516 g/mol. The average molecular weight is 517 g/mol. The number of hydrogen-bond acceptors (Lipinski definition) is 7. The zero-order valence-electron chi connectivity index (χ0n) is 16.9. The number of alkyl halides is 3. The molecule has 0 spiro atoms. The number of methoxy groups -OCH3 is 1. The fraction of sp³-hybridized carbons (Fsp3) is 0.190. The lowest BCUT2D eigenvalue weighted by molar-refractivity contribution is -0.142. The van der Waals surface area contributed by atoms with Crippen LogP contribution in [0, 0.1) is 0 Å². The molecule has 1 saturated heterocycles. The van der Waals surface area contributed by atoms with Crippen LogP contribution >= 0.6 is 35.8 Å². The number of benzene rings is 2. The fourth-order valence-corrected chi connectivity index (χ4v) is 4.11. The molecule has 2 aromatic carbocycles. The van der Waals surface area contributed by atoms with Crippen LogP contribution in [0.5, 0.6) is 11.5 Å². The van der Waals surface area contributed by atoms with Gasteiger partial charge in [0.1, 0.15) is 21.9 Å². The van der Waals surface area contributed by atoms with Crippen LogP contribution in [0.1, 0.15) is 16.7 Å². The quantitative estimate of drug-likeness (QED) is 0.237. The Balaban J connectivity index is 1.80. The van der Waals surface area contributed by atoms with Crippen LogP contribution in [0.3, 0.4) is 0 Å². The van der Waals surface area contributed by atoms with Crippen molar-refractivity contribution in [1.82, 2.24) is 10.2 Å². The molecule has 0 aliphatic carbocycles. The number of nitrogens with one attached hydrogen (secondary N) is 2. The Morgan fingerprint density at radius 1 is 1.24 bits per heavy atom. The number of esters is 1. The molecule has 1 atom stereocenters. The Hall–Kier alpha value is -2.60. The van der Waals surface area contributed by atoms with Crippen molar-refractivity contribution in [3.63, 3.8) is 0 Å². The van der Waals surface area contributed by atoms with Crippen molar-refractivity contribution in [3.8, 4) is 11.5 Å². The molecule has 0 aromatic heterocycles. The lowest BCUT2D eigenvalue weighted by Crippen LogP contribution is -2.33. The number of carbonyl (C=O) groups is 2. The van der Waals surface area contributed by atoms with Crippen LogP contribution in [0.25, 0.3) is 6.08 Å². The van der Waals surface area contributed by atoms with E-state index < -0.39 is 29.7 Å². The van der Waals surface area contributed by atoms with Gasteiger partial charge in [-0.3, -0.25) is 9.59 Å². The molecule has 2 N–H and O–H groups in total. The molecular formula is C21H16ClF3N2O4S2. The maximum Gasteiger partial charge on any atom is 0.417 e. The van der Waals surface area contributed by atoms with Gasteiger partial charge in [-0.1, -0.05) is 42.2 Å². The fourth-order valence-electron chi connectivity index (χ4n) is 2.91. The van der Waals surface area contributed by atoms with E-state index in [1.807, 2.05) is 0 Å². The lowest BCUT2D eigenvalue weighted by Gasteiger charge is -2.14. The normalized spacial score (nSPS) is 16.0. The Morgan fingerprint density at radius 2 is 1.91 bits per heavy atom. The lowest BCUT2D eigenvalue weighted by atomic mass is 10.1. The Morgan fingerprint density at radius 3 is 2.45 bits per heavy atom. The third-order valence-corrected chi connectivity index (χ3v) is 5.90. The Kier molecular flexibility index (Phi) is 8.01. The van der Waals surface area contributed by atoms with E-state index in [2.05, 4.69) is 14.9 Å². The molecule has 174 valence electrons. The van der Waals surface area contributed by atoms with Gasteiger partial charge in [-0.2, -0.15) is 13.2 Å². The van der Waals surface area contributed by atoms with Crippen molar-refractivity contribution in [2.24, 2.45) is 0 Å². The molecule has 1 aliphatic rings. The molecular weight excluding hydrogens is 501 g/mol. The Labute approximate surface area is 201 Å².